The van der Waals surface area contributed by atoms with Crippen molar-refractivity contribution in [3.8, 4) is 0 Å². The predicted octanol–water partition coefficient (Wildman–Crippen LogP) is 6.92. The van der Waals surface area contributed by atoms with Gasteiger partial charge in [-0.25, -0.2) is 0 Å². The van der Waals surface area contributed by atoms with Gasteiger partial charge in [0.1, 0.15) is 0 Å². The summed E-state index contributed by atoms with van der Waals surface area (Å²) in [5.74, 6) is -0.0167. The van der Waals surface area contributed by atoms with Crippen molar-refractivity contribution >= 4 is 18.4 Å². The van der Waals surface area contributed by atoms with Crippen molar-refractivity contribution in [1.29, 1.82) is 0 Å². The van der Waals surface area contributed by atoms with Crippen LogP contribution in [0, 0.1) is 5.92 Å². The molecule has 2 nitrogen and oxygen atoms in total. The fourth-order valence-electron chi connectivity index (χ4n) is 3.47. The van der Waals surface area contributed by atoms with Gasteiger partial charge in [-0.3, -0.25) is 28.3 Å². The quantitative estimate of drug-likeness (QED) is 0.250. The molecule has 0 saturated heterocycles. The second kappa shape index (κ2) is 19.0. The summed E-state index contributed by atoms with van der Waals surface area (Å²) in [4.78, 5) is 11.5. The number of carbonyl (C=O) groups excluding carboxylic acids is 1. The van der Waals surface area contributed by atoms with Crippen LogP contribution in [0.15, 0.2) is 24.3 Å². The van der Waals surface area contributed by atoms with E-state index < -0.39 is 5.97 Å². The Morgan fingerprint density at radius 2 is 1.54 bits per heavy atom. The number of hydrogen-bond acceptors (Lipinski definition) is 3. The Morgan fingerprint density at radius 3 is 2.04 bits per heavy atom. The minimum absolute atomic E-state index is 0. The minimum atomic E-state index is -0.404. The first-order valence-electron chi connectivity index (χ1n) is 8.82. The molecule has 1 aliphatic rings. The SMILES string of the molecule is CCCCCCc1ccc(C2CCC(C(=O)OSF)CC2)cc1.F.F.F.F.F. The standard InChI is InChI=1S/C19H27FO2S.5FH/c1-2-3-4-5-6-15-7-9-16(10-8-15)17-11-13-18(14-12-17)19(21)22-23-20;;;;;/h7-10,17-18H,2-6,11-14H2,1H3;5*1H. The molecule has 2 rings (SSSR count). The molecule has 0 N–H and O–H groups in total. The maximum absolute atomic E-state index is 12.0. The van der Waals surface area contributed by atoms with Crippen molar-refractivity contribution < 1.29 is 36.4 Å². The summed E-state index contributed by atoms with van der Waals surface area (Å²) < 4.78 is 16.4. The van der Waals surface area contributed by atoms with E-state index in [2.05, 4.69) is 35.4 Å². The highest BCUT2D eigenvalue weighted by Gasteiger charge is 2.28. The molecule has 0 atom stereocenters. The molecule has 168 valence electrons. The molecule has 1 aliphatic carbocycles. The Kier molecular flexibility index (Phi) is 23.1. The summed E-state index contributed by atoms with van der Waals surface area (Å²) in [7, 11) is 0. The Morgan fingerprint density at radius 1 is 0.964 bits per heavy atom. The molecule has 1 aromatic carbocycles. The van der Waals surface area contributed by atoms with Crippen LogP contribution in [0.25, 0.3) is 0 Å². The third-order valence-corrected chi connectivity index (χ3v) is 5.17. The Bertz CT molecular complexity index is 482. The van der Waals surface area contributed by atoms with E-state index in [9.17, 15) is 8.68 Å². The van der Waals surface area contributed by atoms with Crippen LogP contribution < -0.4 is 0 Å². The maximum atomic E-state index is 12.0. The van der Waals surface area contributed by atoms with Crippen LogP contribution in [-0.2, 0) is 15.4 Å². The molecular formula is C19H32F6O2S. The first-order chi connectivity index (χ1) is 11.2. The van der Waals surface area contributed by atoms with E-state index in [4.69, 9.17) is 0 Å². The predicted molar refractivity (Wildman–Crippen MR) is 106 cm³/mol. The number of rotatable bonds is 8. The zero-order chi connectivity index (χ0) is 16.5. The maximum Gasteiger partial charge on any atom is 0.323 e. The van der Waals surface area contributed by atoms with E-state index in [0.29, 0.717) is 5.92 Å². The number of carbonyl (C=O) groups is 1. The largest absolute Gasteiger partial charge is 0.360 e. The summed E-state index contributed by atoms with van der Waals surface area (Å²) in [6.45, 7) is 2.24. The van der Waals surface area contributed by atoms with E-state index in [1.54, 1.807) is 0 Å². The molecule has 1 fully saturated rings. The van der Waals surface area contributed by atoms with Gasteiger partial charge in [0.2, 0.25) is 0 Å². The fraction of sp³-hybridized carbons (Fsp3) is 0.632. The normalized spacial score (nSPS) is 17.4. The zero-order valence-corrected chi connectivity index (χ0v) is 16.8. The third kappa shape index (κ3) is 10.8. The summed E-state index contributed by atoms with van der Waals surface area (Å²) in [5, 5.41) is 0. The summed E-state index contributed by atoms with van der Waals surface area (Å²) in [6, 6.07) is 8.99. The average molecular weight is 439 g/mol. The van der Waals surface area contributed by atoms with Crippen LogP contribution in [0.5, 0.6) is 0 Å². The second-order valence-corrected chi connectivity index (χ2v) is 6.86. The summed E-state index contributed by atoms with van der Waals surface area (Å²) in [5.41, 5.74) is 2.79. The van der Waals surface area contributed by atoms with E-state index in [1.165, 1.54) is 43.2 Å². The highest BCUT2D eigenvalue weighted by molar-refractivity contribution is 7.89. The van der Waals surface area contributed by atoms with Crippen molar-refractivity contribution in [2.75, 3.05) is 0 Å². The Balaban J connectivity index is -0.000000576. The molecule has 0 heterocycles. The molecule has 28 heavy (non-hydrogen) atoms. The van der Waals surface area contributed by atoms with Gasteiger partial charge in [-0.15, -0.1) is 3.89 Å². The molecule has 0 unspecified atom stereocenters. The highest BCUT2D eigenvalue weighted by atomic mass is 32.2. The lowest BCUT2D eigenvalue weighted by Gasteiger charge is -2.27. The van der Waals surface area contributed by atoms with Crippen LogP contribution in [0.4, 0.5) is 27.4 Å². The van der Waals surface area contributed by atoms with Gasteiger partial charge in [-0.2, -0.15) is 0 Å². The van der Waals surface area contributed by atoms with Gasteiger partial charge in [0.05, 0.1) is 5.92 Å². The Labute approximate surface area is 167 Å². The lowest BCUT2D eigenvalue weighted by molar-refractivity contribution is -0.138. The van der Waals surface area contributed by atoms with Crippen LogP contribution in [0.3, 0.4) is 0 Å². The van der Waals surface area contributed by atoms with Gasteiger partial charge in [0, 0.05) is 0 Å². The molecule has 0 spiro atoms. The lowest BCUT2D eigenvalue weighted by Crippen LogP contribution is -2.21. The van der Waals surface area contributed by atoms with Gasteiger partial charge in [0.15, 0.2) is 0 Å². The first-order valence-corrected chi connectivity index (χ1v) is 9.46. The van der Waals surface area contributed by atoms with Crippen molar-refractivity contribution in [2.24, 2.45) is 5.92 Å². The lowest BCUT2D eigenvalue weighted by atomic mass is 9.78. The number of aryl methyl sites for hydroxylation is 1. The molecule has 0 bridgehead atoms. The van der Waals surface area contributed by atoms with Crippen LogP contribution in [-0.4, -0.2) is 5.97 Å². The molecule has 0 amide bonds. The number of hydrogen-bond donors (Lipinski definition) is 0. The Hall–Kier alpha value is -1.38. The van der Waals surface area contributed by atoms with Crippen LogP contribution in [0.1, 0.15) is 75.3 Å². The zero-order valence-electron chi connectivity index (χ0n) is 16.0. The molecule has 1 saturated carbocycles. The number of unbranched alkanes of at least 4 members (excludes halogenated alkanes) is 3. The van der Waals surface area contributed by atoms with Gasteiger partial charge >= 0.3 is 5.97 Å². The van der Waals surface area contributed by atoms with Gasteiger partial charge in [0.25, 0.3) is 12.4 Å². The van der Waals surface area contributed by atoms with Gasteiger partial charge in [-0.05, 0) is 55.6 Å². The van der Waals surface area contributed by atoms with E-state index in [1.807, 2.05) is 0 Å². The molecular weight excluding hydrogens is 406 g/mol. The summed E-state index contributed by atoms with van der Waals surface area (Å²) >= 11 is -0.338. The van der Waals surface area contributed by atoms with Crippen molar-refractivity contribution in [1.82, 2.24) is 0 Å². The van der Waals surface area contributed by atoms with Crippen molar-refractivity contribution in [2.45, 2.75) is 70.6 Å². The highest BCUT2D eigenvalue weighted by Crippen LogP contribution is 2.36. The molecule has 0 aliphatic heterocycles. The molecule has 9 heteroatoms. The van der Waals surface area contributed by atoms with Crippen molar-refractivity contribution in [3.63, 3.8) is 0 Å². The number of benzene rings is 1. The smallest absolute Gasteiger partial charge is 0.323 e. The fourth-order valence-corrected chi connectivity index (χ4v) is 3.67. The first kappa shape index (κ1) is 34.1. The molecule has 0 radical (unpaired) electrons. The minimum Gasteiger partial charge on any atom is -0.360 e. The van der Waals surface area contributed by atoms with Gasteiger partial charge < -0.3 is 4.18 Å². The van der Waals surface area contributed by atoms with Gasteiger partial charge in [-0.1, -0.05) is 50.5 Å². The molecule has 1 aromatic rings. The van der Waals surface area contributed by atoms with Crippen LogP contribution >= 0.6 is 12.4 Å². The van der Waals surface area contributed by atoms with Crippen LogP contribution in [0.2, 0.25) is 0 Å². The second-order valence-electron chi connectivity index (χ2n) is 6.57. The molecule has 0 aromatic heterocycles. The summed E-state index contributed by atoms with van der Waals surface area (Å²) in [6.07, 6.45) is 9.90. The average Bonchev–Trinajstić information content (AvgIpc) is 2.60. The topological polar surface area (TPSA) is 26.3 Å². The van der Waals surface area contributed by atoms with E-state index >= 15 is 0 Å². The third-order valence-electron chi connectivity index (χ3n) is 4.94. The monoisotopic (exact) mass is 438 g/mol. The van der Waals surface area contributed by atoms with E-state index in [0.717, 1.165) is 25.7 Å². The van der Waals surface area contributed by atoms with Crippen molar-refractivity contribution in [3.05, 3.63) is 35.4 Å². The number of halogens is 6. The van der Waals surface area contributed by atoms with E-state index in [-0.39, 0.29) is 41.9 Å².